The Balaban J connectivity index is 1.67. The first-order valence-electron chi connectivity index (χ1n) is 8.90. The lowest BCUT2D eigenvalue weighted by atomic mass is 9.39. The Morgan fingerprint density at radius 1 is 0.500 bits per heavy atom. The average Bonchev–Trinajstić information content (AvgIpc) is 2.39. The van der Waals surface area contributed by atoms with Crippen LogP contribution in [-0.2, 0) is 0 Å². The van der Waals surface area contributed by atoms with Crippen molar-refractivity contribution < 1.29 is 0 Å². The summed E-state index contributed by atoms with van der Waals surface area (Å²) < 4.78 is 0. The summed E-state index contributed by atoms with van der Waals surface area (Å²) in [6, 6.07) is 0. The van der Waals surface area contributed by atoms with Crippen LogP contribution in [0.4, 0.5) is 0 Å². The van der Waals surface area contributed by atoms with Crippen LogP contribution in [0.2, 0.25) is 19.0 Å². The van der Waals surface area contributed by atoms with E-state index >= 15 is 0 Å². The van der Waals surface area contributed by atoms with Crippen molar-refractivity contribution >= 4 is 6.71 Å². The normalized spacial score (nSPS) is 38.7. The van der Waals surface area contributed by atoms with Gasteiger partial charge in [-0.2, -0.15) is 0 Å². The van der Waals surface area contributed by atoms with Crippen LogP contribution in [0.5, 0.6) is 0 Å². The van der Waals surface area contributed by atoms with Crippen molar-refractivity contribution in [3.8, 4) is 0 Å². The monoisotopic (exact) mass is 246 g/mol. The van der Waals surface area contributed by atoms with Gasteiger partial charge in [-0.25, -0.2) is 0 Å². The molecular weight excluding hydrogens is 215 g/mol. The minimum atomic E-state index is 1.10. The number of hydrogen-bond acceptors (Lipinski definition) is 0. The molecule has 0 aromatic heterocycles. The Bertz CT molecular complexity index is 234. The molecular formula is C17H31B. The molecule has 1 heteroatoms. The van der Waals surface area contributed by atoms with E-state index in [9.17, 15) is 0 Å². The van der Waals surface area contributed by atoms with Gasteiger partial charge in [0.1, 0.15) is 6.71 Å². The Labute approximate surface area is 114 Å². The van der Waals surface area contributed by atoms with E-state index in [0.29, 0.717) is 0 Å². The molecule has 102 valence electrons. The highest BCUT2D eigenvalue weighted by atomic mass is 14.3. The van der Waals surface area contributed by atoms with E-state index < -0.39 is 0 Å². The second kappa shape index (κ2) is 6.48. The third-order valence-corrected chi connectivity index (χ3v) is 6.19. The smallest absolute Gasteiger partial charge is 0.0741 e. The van der Waals surface area contributed by atoms with Crippen molar-refractivity contribution in [1.82, 2.24) is 0 Å². The molecule has 0 aromatic carbocycles. The van der Waals surface area contributed by atoms with E-state index in [-0.39, 0.29) is 0 Å². The molecule has 18 heavy (non-hydrogen) atoms. The summed E-state index contributed by atoms with van der Waals surface area (Å²) in [4.78, 5) is 0. The van der Waals surface area contributed by atoms with E-state index in [2.05, 4.69) is 0 Å². The predicted octanol–water partition coefficient (Wildman–Crippen LogP) is 5.66. The molecule has 1 aliphatic carbocycles. The molecule has 2 unspecified atom stereocenters. The first-order valence-corrected chi connectivity index (χ1v) is 8.90. The molecule has 0 nitrogen and oxygen atoms in total. The first-order chi connectivity index (χ1) is 8.90. The average molecular weight is 246 g/mol. The minimum absolute atomic E-state index is 1.10. The molecule has 0 amide bonds. The second-order valence-electron chi connectivity index (χ2n) is 7.67. The van der Waals surface area contributed by atoms with E-state index in [1.165, 1.54) is 32.1 Å². The van der Waals surface area contributed by atoms with Gasteiger partial charge in [-0.05, 0) is 37.0 Å². The van der Waals surface area contributed by atoms with Gasteiger partial charge in [0.05, 0.1) is 0 Å². The van der Waals surface area contributed by atoms with Crippen LogP contribution in [0.3, 0.4) is 0 Å². The zero-order valence-corrected chi connectivity index (χ0v) is 12.2. The van der Waals surface area contributed by atoms with Crippen molar-refractivity contribution in [2.75, 3.05) is 0 Å². The zero-order valence-electron chi connectivity index (χ0n) is 12.2. The van der Waals surface area contributed by atoms with Crippen molar-refractivity contribution in [2.45, 2.75) is 89.6 Å². The first kappa shape index (κ1) is 13.1. The highest BCUT2D eigenvalue weighted by Crippen LogP contribution is 2.43. The Kier molecular flexibility index (Phi) is 4.71. The van der Waals surface area contributed by atoms with Gasteiger partial charge in [0.2, 0.25) is 0 Å². The van der Waals surface area contributed by atoms with Gasteiger partial charge in [0.15, 0.2) is 0 Å². The largest absolute Gasteiger partial charge is 0.139 e. The summed E-state index contributed by atoms with van der Waals surface area (Å²) in [5.74, 6) is 3.36. The highest BCUT2D eigenvalue weighted by Gasteiger charge is 2.31. The Morgan fingerprint density at radius 2 is 1.06 bits per heavy atom. The van der Waals surface area contributed by atoms with Gasteiger partial charge < -0.3 is 0 Å². The fraction of sp³-hybridized carbons (Fsp3) is 1.00. The van der Waals surface area contributed by atoms with Crippen LogP contribution in [0.25, 0.3) is 0 Å². The fourth-order valence-corrected chi connectivity index (χ4v) is 5.18. The van der Waals surface area contributed by atoms with Gasteiger partial charge in [-0.3, -0.25) is 0 Å². The maximum absolute atomic E-state index is 1.60. The third kappa shape index (κ3) is 3.55. The minimum Gasteiger partial charge on any atom is -0.0741 e. The fourth-order valence-electron chi connectivity index (χ4n) is 5.18. The lowest BCUT2D eigenvalue weighted by Gasteiger charge is -2.38. The summed E-state index contributed by atoms with van der Waals surface area (Å²) in [5.41, 5.74) is 0. The van der Waals surface area contributed by atoms with E-state index in [1.54, 1.807) is 57.5 Å². The third-order valence-electron chi connectivity index (χ3n) is 6.19. The molecule has 0 N–H and O–H groups in total. The van der Waals surface area contributed by atoms with Crippen molar-refractivity contribution in [2.24, 2.45) is 17.8 Å². The van der Waals surface area contributed by atoms with Crippen LogP contribution < -0.4 is 0 Å². The predicted molar refractivity (Wildman–Crippen MR) is 81.4 cm³/mol. The summed E-state index contributed by atoms with van der Waals surface area (Å²) >= 11 is 0. The molecule has 2 atom stereocenters. The Hall–Kier alpha value is 0.0649. The van der Waals surface area contributed by atoms with Crippen molar-refractivity contribution in [3.05, 3.63) is 0 Å². The number of fused-ring (bicyclic) bond motifs is 8. The number of rotatable bonds is 0. The van der Waals surface area contributed by atoms with Crippen LogP contribution in [0.15, 0.2) is 0 Å². The van der Waals surface area contributed by atoms with Crippen molar-refractivity contribution in [3.63, 3.8) is 0 Å². The molecule has 0 spiro atoms. The van der Waals surface area contributed by atoms with Crippen LogP contribution in [0, 0.1) is 17.8 Å². The van der Waals surface area contributed by atoms with E-state index in [4.69, 9.17) is 0 Å². The van der Waals surface area contributed by atoms with Crippen LogP contribution in [-0.4, -0.2) is 6.71 Å². The van der Waals surface area contributed by atoms with Gasteiger partial charge in [-0.1, -0.05) is 70.3 Å². The maximum atomic E-state index is 1.60. The van der Waals surface area contributed by atoms with Gasteiger partial charge in [0, 0.05) is 0 Å². The topological polar surface area (TPSA) is 0 Å². The molecule has 4 fully saturated rings. The number of hydrogen-bond donors (Lipinski definition) is 0. The molecule has 4 bridgehead atoms. The quantitative estimate of drug-likeness (QED) is 0.483. The van der Waals surface area contributed by atoms with Crippen molar-refractivity contribution in [1.29, 1.82) is 0 Å². The summed E-state index contributed by atoms with van der Waals surface area (Å²) in [7, 11) is 0. The summed E-state index contributed by atoms with van der Waals surface area (Å²) in [6.45, 7) is 1.10. The van der Waals surface area contributed by atoms with Crippen LogP contribution in [0.1, 0.15) is 70.6 Å². The lowest BCUT2D eigenvalue weighted by Crippen LogP contribution is -2.28. The molecule has 4 aliphatic rings. The van der Waals surface area contributed by atoms with Gasteiger partial charge in [-0.15, -0.1) is 0 Å². The standard InChI is InChI=1S/C17H31B/c1-2-4-6-15-12-16-7-10-18(9-5-3-1)11-8-17(13-15)14-16/h15-17H,1-14H2. The molecule has 3 aliphatic heterocycles. The molecule has 0 aromatic rings. The Morgan fingerprint density at radius 3 is 1.78 bits per heavy atom. The highest BCUT2D eigenvalue weighted by molar-refractivity contribution is 6.58. The molecule has 3 saturated heterocycles. The lowest BCUT2D eigenvalue weighted by molar-refractivity contribution is 0.173. The summed E-state index contributed by atoms with van der Waals surface area (Å²) in [5, 5.41) is 0. The maximum Gasteiger partial charge on any atom is 0.139 e. The molecule has 1 saturated carbocycles. The van der Waals surface area contributed by atoms with Gasteiger partial charge in [0.25, 0.3) is 0 Å². The second-order valence-corrected chi connectivity index (χ2v) is 7.67. The van der Waals surface area contributed by atoms with E-state index in [0.717, 1.165) is 24.5 Å². The molecule has 3 heterocycles. The SMILES string of the molecule is C1CCCB2CCC3CC(CCC1)CC(CC2)C3. The summed E-state index contributed by atoms with van der Waals surface area (Å²) in [6.07, 6.45) is 21.9. The molecule has 4 rings (SSSR count). The van der Waals surface area contributed by atoms with Gasteiger partial charge >= 0.3 is 0 Å². The molecule has 0 radical (unpaired) electrons. The zero-order chi connectivity index (χ0) is 12.2. The van der Waals surface area contributed by atoms with Crippen LogP contribution >= 0.6 is 0 Å². The van der Waals surface area contributed by atoms with E-state index in [1.807, 2.05) is 0 Å².